The third kappa shape index (κ3) is 5.52. The zero-order valence-corrected chi connectivity index (χ0v) is 28.9. The Morgan fingerprint density at radius 1 is 0.940 bits per heavy atom. The average molecular weight is 676 g/mol. The van der Waals surface area contributed by atoms with Crippen molar-refractivity contribution < 1.29 is 19.1 Å². The van der Waals surface area contributed by atoms with Crippen LogP contribution in [0.25, 0.3) is 33.7 Å². The van der Waals surface area contributed by atoms with Crippen molar-refractivity contribution in [3.05, 3.63) is 71.6 Å². The van der Waals surface area contributed by atoms with E-state index in [1.807, 2.05) is 31.1 Å². The van der Waals surface area contributed by atoms with Gasteiger partial charge in [-0.05, 0) is 63.1 Å². The largest absolute Gasteiger partial charge is 0.488 e. The number of carbonyl (C=O) groups is 1. The van der Waals surface area contributed by atoms with Gasteiger partial charge in [0.15, 0.2) is 0 Å². The molecule has 1 amide bonds. The Balaban J connectivity index is 0.990. The Morgan fingerprint density at radius 2 is 1.68 bits per heavy atom. The van der Waals surface area contributed by atoms with Crippen molar-refractivity contribution in [3.63, 3.8) is 0 Å². The summed E-state index contributed by atoms with van der Waals surface area (Å²) in [6.07, 6.45) is 10.2. The Labute approximate surface area is 292 Å². The molecule has 6 heterocycles. The van der Waals surface area contributed by atoms with Crippen LogP contribution in [-0.4, -0.2) is 69.7 Å². The lowest BCUT2D eigenvalue weighted by Crippen LogP contribution is -2.48. The second-order valence-corrected chi connectivity index (χ2v) is 14.7. The topological polar surface area (TPSA) is 129 Å². The second kappa shape index (κ2) is 12.7. The van der Waals surface area contributed by atoms with E-state index in [0.717, 1.165) is 82.6 Å². The number of hydroxylamine groups is 1. The molecule has 11 nitrogen and oxygen atoms in total. The van der Waals surface area contributed by atoms with E-state index >= 15 is 0 Å². The first-order valence-electron chi connectivity index (χ1n) is 18.2. The van der Waals surface area contributed by atoms with Gasteiger partial charge in [0.2, 0.25) is 5.91 Å². The van der Waals surface area contributed by atoms with Gasteiger partial charge in [0.1, 0.15) is 41.9 Å². The number of rotatable bonds is 9. The first-order valence-corrected chi connectivity index (χ1v) is 18.2. The van der Waals surface area contributed by atoms with Crippen LogP contribution in [0.15, 0.2) is 48.8 Å². The number of benzene rings is 2. The minimum absolute atomic E-state index is 0.00632. The van der Waals surface area contributed by atoms with E-state index in [0.29, 0.717) is 25.1 Å². The molecular formula is C39H45N7O4. The smallest absolute Gasteiger partial charge is 0.242 e. The fourth-order valence-electron chi connectivity index (χ4n) is 8.26. The van der Waals surface area contributed by atoms with Crippen LogP contribution in [0.1, 0.15) is 87.2 Å². The Morgan fingerprint density at radius 3 is 2.40 bits per heavy atom. The highest BCUT2D eigenvalue weighted by Gasteiger charge is 2.43. The SMILES string of the molecule is CON[C@H](C(=O)N1CCC[C@H]1c1ncc(-c2ccc3c(c2)OCC2=C3C(C3CC3)Oc3cc(-c4cnc([C@@H]5CCCN5)[nH]4)ccc32)[nH]1)C(C)C. The molecule has 3 fully saturated rings. The highest BCUT2D eigenvalue weighted by atomic mass is 16.6. The standard InChI is InChI=1S/C39H45N7O4/c1-21(2)35(45-48-3)39(47)46-15-5-7-31(46)38-42-19-30(44-38)23-11-13-26-32(16-23)49-20-27-25-12-10-24(17-33(25)50-36(34(26)27)22-8-9-22)29-18-41-37(43-29)28-6-4-14-40-28/h10-13,16-19,21-22,28,31,35-36,40,45H,4-9,14-15,20H2,1-3H3,(H,41,43)(H,42,44)/t28-,31-,35-,36?/m0/s1. The number of imidazole rings is 2. The van der Waals surface area contributed by atoms with Gasteiger partial charge in [-0.1, -0.05) is 38.1 Å². The number of aromatic amines is 2. The molecule has 4 aliphatic heterocycles. The summed E-state index contributed by atoms with van der Waals surface area (Å²) in [5.41, 5.74) is 11.6. The second-order valence-electron chi connectivity index (χ2n) is 14.7. The van der Waals surface area contributed by atoms with Crippen molar-refractivity contribution in [1.82, 2.24) is 35.6 Å². The van der Waals surface area contributed by atoms with Crippen LogP contribution in [0, 0.1) is 11.8 Å². The van der Waals surface area contributed by atoms with Crippen LogP contribution < -0.4 is 20.3 Å². The van der Waals surface area contributed by atoms with Crippen LogP contribution in [0.5, 0.6) is 11.5 Å². The van der Waals surface area contributed by atoms with Gasteiger partial charge in [0, 0.05) is 45.9 Å². The molecule has 2 aromatic carbocycles. The lowest BCUT2D eigenvalue weighted by atomic mass is 9.84. The van der Waals surface area contributed by atoms with E-state index in [-0.39, 0.29) is 24.0 Å². The number of H-pyrrole nitrogens is 2. The highest BCUT2D eigenvalue weighted by molar-refractivity contribution is 6.00. The summed E-state index contributed by atoms with van der Waals surface area (Å²) in [5.74, 6) is 4.22. The lowest BCUT2D eigenvalue weighted by molar-refractivity contribution is -0.139. The number of nitrogens with zero attached hydrogens (tertiary/aromatic N) is 3. The molecule has 1 saturated carbocycles. The maximum atomic E-state index is 13.5. The summed E-state index contributed by atoms with van der Waals surface area (Å²) >= 11 is 0. The molecule has 0 spiro atoms. The molecule has 4 aromatic rings. The number of ether oxygens (including phenoxy) is 2. The van der Waals surface area contributed by atoms with Crippen molar-refractivity contribution >= 4 is 17.1 Å². The van der Waals surface area contributed by atoms with Gasteiger partial charge in [0.25, 0.3) is 0 Å². The molecule has 0 radical (unpaired) electrons. The van der Waals surface area contributed by atoms with Gasteiger partial charge in [-0.15, -0.1) is 0 Å². The molecule has 5 aliphatic rings. The number of likely N-dealkylation sites (tertiary alicyclic amines) is 1. The van der Waals surface area contributed by atoms with Gasteiger partial charge in [0.05, 0.1) is 43.0 Å². The van der Waals surface area contributed by atoms with Crippen LogP contribution in [0.3, 0.4) is 0 Å². The van der Waals surface area contributed by atoms with Gasteiger partial charge >= 0.3 is 0 Å². The predicted octanol–water partition coefficient (Wildman–Crippen LogP) is 6.20. The number of aromatic nitrogens is 4. The highest BCUT2D eigenvalue weighted by Crippen LogP contribution is 2.52. The summed E-state index contributed by atoms with van der Waals surface area (Å²) in [6.45, 7) is 6.28. The van der Waals surface area contributed by atoms with Crippen LogP contribution in [-0.2, 0) is 9.63 Å². The fraction of sp³-hybridized carbons (Fsp3) is 0.462. The molecule has 1 unspecified atom stereocenters. The average Bonchev–Trinajstić information content (AvgIpc) is 3.64. The molecular weight excluding hydrogens is 630 g/mol. The Hall–Kier alpha value is -4.45. The quantitative estimate of drug-likeness (QED) is 0.154. The zero-order valence-electron chi connectivity index (χ0n) is 28.9. The Bertz CT molecular complexity index is 1950. The van der Waals surface area contributed by atoms with Crippen molar-refractivity contribution in [1.29, 1.82) is 0 Å². The summed E-state index contributed by atoms with van der Waals surface area (Å²) in [4.78, 5) is 37.2. The van der Waals surface area contributed by atoms with Crippen molar-refractivity contribution in [3.8, 4) is 34.0 Å². The number of hydrogen-bond donors (Lipinski definition) is 4. The van der Waals surface area contributed by atoms with E-state index in [2.05, 4.69) is 57.2 Å². The molecule has 9 rings (SSSR count). The predicted molar refractivity (Wildman–Crippen MR) is 190 cm³/mol. The van der Waals surface area contributed by atoms with E-state index in [4.69, 9.17) is 24.3 Å². The van der Waals surface area contributed by atoms with E-state index in [1.54, 1.807) is 7.11 Å². The molecule has 1 aliphatic carbocycles. The molecule has 2 aromatic heterocycles. The number of hydrogen-bond acceptors (Lipinski definition) is 8. The van der Waals surface area contributed by atoms with Gasteiger partial charge in [-0.2, -0.15) is 5.48 Å². The molecule has 0 bridgehead atoms. The van der Waals surface area contributed by atoms with Crippen molar-refractivity contribution in [2.24, 2.45) is 11.8 Å². The van der Waals surface area contributed by atoms with Crippen LogP contribution in [0.4, 0.5) is 0 Å². The third-order valence-electron chi connectivity index (χ3n) is 11.1. The van der Waals surface area contributed by atoms with Crippen LogP contribution >= 0.6 is 0 Å². The minimum Gasteiger partial charge on any atom is -0.488 e. The minimum atomic E-state index is -0.409. The fourth-order valence-corrected chi connectivity index (χ4v) is 8.26. The number of amides is 1. The third-order valence-corrected chi connectivity index (χ3v) is 11.1. The van der Waals surface area contributed by atoms with Crippen molar-refractivity contribution in [2.75, 3.05) is 26.8 Å². The molecule has 4 N–H and O–H groups in total. The first kappa shape index (κ1) is 31.5. The number of carbonyl (C=O) groups excluding carboxylic acids is 1. The normalized spacial score (nSPS) is 23.4. The number of fused-ring (bicyclic) bond motifs is 4. The van der Waals surface area contributed by atoms with E-state index in [9.17, 15) is 4.79 Å². The molecule has 50 heavy (non-hydrogen) atoms. The summed E-state index contributed by atoms with van der Waals surface area (Å²) < 4.78 is 13.4. The molecule has 260 valence electrons. The monoisotopic (exact) mass is 675 g/mol. The summed E-state index contributed by atoms with van der Waals surface area (Å²) in [5, 5.41) is 3.53. The van der Waals surface area contributed by atoms with Crippen LogP contribution in [0.2, 0.25) is 0 Å². The molecule has 2 saturated heterocycles. The van der Waals surface area contributed by atoms with Crippen molar-refractivity contribution in [2.45, 2.75) is 76.6 Å². The van der Waals surface area contributed by atoms with Gasteiger partial charge in [-0.25, -0.2) is 9.97 Å². The Kier molecular flexibility index (Phi) is 8.01. The van der Waals surface area contributed by atoms with Gasteiger partial charge in [-0.3, -0.25) is 4.79 Å². The van der Waals surface area contributed by atoms with Gasteiger partial charge < -0.3 is 34.5 Å². The first-order chi connectivity index (χ1) is 24.5. The maximum absolute atomic E-state index is 13.5. The number of nitrogens with one attached hydrogen (secondary N) is 4. The summed E-state index contributed by atoms with van der Waals surface area (Å²) in [7, 11) is 1.55. The maximum Gasteiger partial charge on any atom is 0.242 e. The lowest BCUT2D eigenvalue weighted by Gasteiger charge is -2.35. The summed E-state index contributed by atoms with van der Waals surface area (Å²) in [6, 6.07) is 12.7. The van der Waals surface area contributed by atoms with E-state index in [1.165, 1.54) is 30.4 Å². The van der Waals surface area contributed by atoms with E-state index < -0.39 is 6.04 Å². The molecule has 11 heteroatoms. The zero-order chi connectivity index (χ0) is 33.9. The molecule has 4 atom stereocenters.